The molecule has 0 aromatic heterocycles. The number of rotatable bonds is 3. The quantitative estimate of drug-likeness (QED) is 0.706. The van der Waals surface area contributed by atoms with Crippen molar-refractivity contribution in [3.63, 3.8) is 0 Å². The summed E-state index contributed by atoms with van der Waals surface area (Å²) < 4.78 is 5.53. The van der Waals surface area contributed by atoms with Crippen LogP contribution in [0.5, 0.6) is 0 Å². The molecule has 1 amide bonds. The molecule has 3 nitrogen and oxygen atoms in total. The number of nitrogens with zero attached hydrogens (tertiary/aromatic N) is 1. The molecule has 0 aromatic rings. The topological polar surface area (TPSA) is 29.5 Å². The van der Waals surface area contributed by atoms with E-state index in [9.17, 15) is 4.79 Å². The van der Waals surface area contributed by atoms with Gasteiger partial charge in [-0.15, -0.1) is 0 Å². The Morgan fingerprint density at radius 3 is 2.50 bits per heavy atom. The molecule has 1 saturated heterocycles. The molecule has 3 heteroatoms. The zero-order valence-corrected chi connectivity index (χ0v) is 13.9. The highest BCUT2D eigenvalue weighted by Gasteiger charge is 2.29. The second kappa shape index (κ2) is 7.14. The van der Waals surface area contributed by atoms with E-state index in [4.69, 9.17) is 4.74 Å². The highest BCUT2D eigenvalue weighted by molar-refractivity contribution is 5.68. The minimum absolute atomic E-state index is 0.180. The molecule has 0 aliphatic carbocycles. The molecule has 2 unspecified atom stereocenters. The number of amides is 1. The van der Waals surface area contributed by atoms with Crippen molar-refractivity contribution in [2.24, 2.45) is 11.8 Å². The van der Waals surface area contributed by atoms with E-state index in [1.54, 1.807) is 0 Å². The Balaban J connectivity index is 2.73. The van der Waals surface area contributed by atoms with E-state index in [0.717, 1.165) is 38.8 Å². The highest BCUT2D eigenvalue weighted by Crippen LogP contribution is 2.28. The summed E-state index contributed by atoms with van der Waals surface area (Å²) in [6.07, 6.45) is 4.30. The molecule has 0 radical (unpaired) electrons. The minimum Gasteiger partial charge on any atom is -0.444 e. The van der Waals surface area contributed by atoms with Gasteiger partial charge in [-0.3, -0.25) is 0 Å². The van der Waals surface area contributed by atoms with E-state index in [2.05, 4.69) is 20.4 Å². The summed E-state index contributed by atoms with van der Waals surface area (Å²) in [5.74, 6) is 0.953. The molecule has 1 aliphatic rings. The predicted molar refractivity (Wildman–Crippen MR) is 83.7 cm³/mol. The lowest BCUT2D eigenvalue weighted by atomic mass is 9.91. The van der Waals surface area contributed by atoms with Crippen LogP contribution < -0.4 is 0 Å². The Labute approximate surface area is 124 Å². The predicted octanol–water partition coefficient (Wildman–Crippen LogP) is 4.63. The minimum atomic E-state index is -0.428. The van der Waals surface area contributed by atoms with Crippen molar-refractivity contribution in [3.8, 4) is 0 Å². The number of carbonyl (C=O) groups excluding carboxylic acids is 1. The second-order valence-electron chi connectivity index (χ2n) is 7.17. The van der Waals surface area contributed by atoms with Crippen molar-refractivity contribution in [2.45, 2.75) is 65.9 Å². The first-order valence-electron chi connectivity index (χ1n) is 7.88. The zero-order chi connectivity index (χ0) is 15.3. The monoisotopic (exact) mass is 281 g/mol. The zero-order valence-electron chi connectivity index (χ0n) is 13.9. The molecule has 0 spiro atoms. The van der Waals surface area contributed by atoms with Gasteiger partial charge < -0.3 is 9.64 Å². The van der Waals surface area contributed by atoms with Crippen molar-refractivity contribution in [1.29, 1.82) is 0 Å². The van der Waals surface area contributed by atoms with Gasteiger partial charge in [0, 0.05) is 13.1 Å². The first-order valence-corrected chi connectivity index (χ1v) is 7.88. The molecular formula is C17H31NO2. The lowest BCUT2D eigenvalue weighted by molar-refractivity contribution is 0.0223. The fourth-order valence-electron chi connectivity index (χ4n) is 2.72. The summed E-state index contributed by atoms with van der Waals surface area (Å²) in [5, 5.41) is 0. The Bertz CT molecular complexity index is 343. The maximum atomic E-state index is 12.3. The summed E-state index contributed by atoms with van der Waals surface area (Å²) in [6.45, 7) is 15.9. The van der Waals surface area contributed by atoms with Crippen LogP contribution in [0, 0.1) is 11.8 Å². The van der Waals surface area contributed by atoms with Crippen LogP contribution in [0.1, 0.15) is 60.3 Å². The van der Waals surface area contributed by atoms with Crippen LogP contribution in [0.25, 0.3) is 0 Å². The summed E-state index contributed by atoms with van der Waals surface area (Å²) >= 11 is 0. The lowest BCUT2D eigenvalue weighted by Crippen LogP contribution is -2.40. The Kier molecular flexibility index (Phi) is 6.09. The molecule has 1 aliphatic heterocycles. The van der Waals surface area contributed by atoms with Gasteiger partial charge in [-0.2, -0.15) is 0 Å². The maximum Gasteiger partial charge on any atom is 0.410 e. The number of likely N-dealkylation sites (tertiary alicyclic amines) is 1. The fraction of sp³-hybridized carbons (Fsp3) is 0.824. The van der Waals surface area contributed by atoms with Crippen LogP contribution in [0.15, 0.2) is 12.2 Å². The molecular weight excluding hydrogens is 250 g/mol. The van der Waals surface area contributed by atoms with Crippen LogP contribution in [-0.4, -0.2) is 29.7 Å². The molecule has 20 heavy (non-hydrogen) atoms. The Morgan fingerprint density at radius 1 is 1.30 bits per heavy atom. The maximum absolute atomic E-state index is 12.3. The van der Waals surface area contributed by atoms with Gasteiger partial charge in [0.25, 0.3) is 0 Å². The summed E-state index contributed by atoms with van der Waals surface area (Å²) in [5.41, 5.74) is 0.859. The first kappa shape index (κ1) is 17.1. The standard InChI is InChI=1S/C17H31NO2/c1-7-8-14(3)15-10-9-13(2)11-18(12-15)16(19)20-17(4,5)6/h13,15H,3,7-12H2,1-2,4-6H3. The van der Waals surface area contributed by atoms with E-state index in [0.29, 0.717) is 11.8 Å². The SMILES string of the molecule is C=C(CCC)C1CCC(C)CN(C(=O)OC(C)(C)C)C1. The van der Waals surface area contributed by atoms with E-state index >= 15 is 0 Å². The molecule has 0 N–H and O–H groups in total. The smallest absolute Gasteiger partial charge is 0.410 e. The van der Waals surface area contributed by atoms with Gasteiger partial charge in [0.15, 0.2) is 0 Å². The number of carbonyl (C=O) groups is 1. The van der Waals surface area contributed by atoms with Crippen LogP contribution in [0.4, 0.5) is 4.79 Å². The van der Waals surface area contributed by atoms with Crippen molar-refractivity contribution >= 4 is 6.09 Å². The van der Waals surface area contributed by atoms with Gasteiger partial charge >= 0.3 is 6.09 Å². The first-order chi connectivity index (χ1) is 9.23. The largest absolute Gasteiger partial charge is 0.444 e. The van der Waals surface area contributed by atoms with Crippen molar-refractivity contribution in [1.82, 2.24) is 4.90 Å². The lowest BCUT2D eigenvalue weighted by Gasteiger charge is -2.29. The summed E-state index contributed by atoms with van der Waals surface area (Å²) in [6, 6.07) is 0. The van der Waals surface area contributed by atoms with Crippen LogP contribution in [0.2, 0.25) is 0 Å². The van der Waals surface area contributed by atoms with Gasteiger partial charge in [0.1, 0.15) is 5.60 Å². The molecule has 1 heterocycles. The molecule has 2 atom stereocenters. The van der Waals surface area contributed by atoms with Crippen LogP contribution >= 0.6 is 0 Å². The Morgan fingerprint density at radius 2 is 1.95 bits per heavy atom. The van der Waals surface area contributed by atoms with Gasteiger partial charge in [0.2, 0.25) is 0 Å². The number of ether oxygens (including phenoxy) is 1. The number of hydrogen-bond donors (Lipinski definition) is 0. The van der Waals surface area contributed by atoms with E-state index in [1.165, 1.54) is 5.57 Å². The second-order valence-corrected chi connectivity index (χ2v) is 7.17. The molecule has 116 valence electrons. The Hall–Kier alpha value is -0.990. The van der Waals surface area contributed by atoms with E-state index in [1.807, 2.05) is 25.7 Å². The van der Waals surface area contributed by atoms with Crippen LogP contribution in [0.3, 0.4) is 0 Å². The van der Waals surface area contributed by atoms with Crippen LogP contribution in [-0.2, 0) is 4.74 Å². The van der Waals surface area contributed by atoms with Gasteiger partial charge in [-0.05, 0) is 51.9 Å². The molecule has 0 saturated carbocycles. The van der Waals surface area contributed by atoms with Crippen molar-refractivity contribution < 1.29 is 9.53 Å². The van der Waals surface area contributed by atoms with E-state index < -0.39 is 5.60 Å². The van der Waals surface area contributed by atoms with Crippen molar-refractivity contribution in [2.75, 3.05) is 13.1 Å². The van der Waals surface area contributed by atoms with Gasteiger partial charge in [0.05, 0.1) is 0 Å². The fourth-order valence-corrected chi connectivity index (χ4v) is 2.72. The normalized spacial score (nSPS) is 24.1. The molecule has 0 aromatic carbocycles. The average molecular weight is 281 g/mol. The van der Waals surface area contributed by atoms with E-state index in [-0.39, 0.29) is 6.09 Å². The molecule has 1 rings (SSSR count). The molecule has 0 bridgehead atoms. The van der Waals surface area contributed by atoms with Crippen molar-refractivity contribution in [3.05, 3.63) is 12.2 Å². The van der Waals surface area contributed by atoms with Gasteiger partial charge in [-0.1, -0.05) is 32.4 Å². The molecule has 1 fully saturated rings. The van der Waals surface area contributed by atoms with Gasteiger partial charge in [-0.25, -0.2) is 4.79 Å². The number of hydrogen-bond acceptors (Lipinski definition) is 2. The average Bonchev–Trinajstić information content (AvgIpc) is 2.49. The third kappa shape index (κ3) is 5.56. The summed E-state index contributed by atoms with van der Waals surface area (Å²) in [4.78, 5) is 14.2. The summed E-state index contributed by atoms with van der Waals surface area (Å²) in [7, 11) is 0. The third-order valence-corrected chi connectivity index (χ3v) is 3.78. The third-order valence-electron chi connectivity index (χ3n) is 3.78. The highest BCUT2D eigenvalue weighted by atomic mass is 16.6.